The van der Waals surface area contributed by atoms with Gasteiger partial charge in [-0.15, -0.1) is 0 Å². The van der Waals surface area contributed by atoms with Gasteiger partial charge in [-0.3, -0.25) is 0 Å². The third-order valence-electron chi connectivity index (χ3n) is 1.81. The van der Waals surface area contributed by atoms with E-state index in [4.69, 9.17) is 5.73 Å². The Morgan fingerprint density at radius 1 is 1.62 bits per heavy atom. The first-order valence-electron chi connectivity index (χ1n) is 4.76. The van der Waals surface area contributed by atoms with Crippen molar-refractivity contribution in [2.24, 2.45) is 5.73 Å². The molecule has 0 aliphatic carbocycles. The van der Waals surface area contributed by atoms with Crippen LogP contribution >= 0.6 is 0 Å². The topological polar surface area (TPSA) is 43.8 Å². The molecule has 0 fully saturated rings. The summed E-state index contributed by atoms with van der Waals surface area (Å²) >= 11 is 0. The zero-order chi connectivity index (χ0) is 9.52. The molecule has 0 amide bonds. The number of nitrogens with zero attached hydrogens (tertiary/aromatic N) is 2. The number of hydrogen-bond donors (Lipinski definition) is 1. The van der Waals surface area contributed by atoms with Crippen LogP contribution in [0.5, 0.6) is 0 Å². The number of imidazole rings is 1. The van der Waals surface area contributed by atoms with Crippen LogP contribution in [0.2, 0.25) is 0 Å². The van der Waals surface area contributed by atoms with Gasteiger partial charge in [-0.1, -0.05) is 13.0 Å². The SMILES string of the molecule is CCCn1ccnc1C=CCCN. The maximum absolute atomic E-state index is 5.39. The van der Waals surface area contributed by atoms with Crippen LogP contribution in [0.25, 0.3) is 6.08 Å². The number of rotatable bonds is 5. The number of hydrogen-bond acceptors (Lipinski definition) is 2. The summed E-state index contributed by atoms with van der Waals surface area (Å²) in [7, 11) is 0. The van der Waals surface area contributed by atoms with E-state index in [1.807, 2.05) is 18.5 Å². The second-order valence-corrected chi connectivity index (χ2v) is 2.96. The first-order valence-corrected chi connectivity index (χ1v) is 4.76. The van der Waals surface area contributed by atoms with Crippen LogP contribution in [0.15, 0.2) is 18.5 Å². The van der Waals surface area contributed by atoms with Crippen LogP contribution < -0.4 is 5.73 Å². The Kier molecular flexibility index (Phi) is 4.26. The molecule has 0 unspecified atom stereocenters. The molecule has 0 aliphatic heterocycles. The highest BCUT2D eigenvalue weighted by atomic mass is 15.0. The smallest absolute Gasteiger partial charge is 0.132 e. The molecule has 0 aliphatic rings. The Labute approximate surface area is 79.3 Å². The van der Waals surface area contributed by atoms with Crippen LogP contribution in [0.3, 0.4) is 0 Å². The summed E-state index contributed by atoms with van der Waals surface area (Å²) in [6.07, 6.45) is 9.98. The van der Waals surface area contributed by atoms with Crippen molar-refractivity contribution in [2.45, 2.75) is 26.3 Å². The van der Waals surface area contributed by atoms with Gasteiger partial charge in [0.25, 0.3) is 0 Å². The maximum Gasteiger partial charge on any atom is 0.132 e. The highest BCUT2D eigenvalue weighted by Gasteiger charge is 1.95. The molecule has 0 aromatic carbocycles. The molecule has 1 rings (SSSR count). The molecule has 1 aromatic heterocycles. The standard InChI is InChI=1S/C10H17N3/c1-2-8-13-9-7-12-10(13)5-3-4-6-11/h3,5,7,9H,2,4,6,8,11H2,1H3. The van der Waals surface area contributed by atoms with Crippen LogP contribution in [0.4, 0.5) is 0 Å². The molecule has 3 nitrogen and oxygen atoms in total. The van der Waals surface area contributed by atoms with Crippen molar-refractivity contribution in [1.29, 1.82) is 0 Å². The highest BCUT2D eigenvalue weighted by Crippen LogP contribution is 2.01. The molecule has 3 heteroatoms. The van der Waals surface area contributed by atoms with Gasteiger partial charge in [0.05, 0.1) is 0 Å². The Morgan fingerprint density at radius 2 is 2.46 bits per heavy atom. The lowest BCUT2D eigenvalue weighted by Gasteiger charge is -2.01. The average Bonchev–Trinajstić information content (AvgIpc) is 2.54. The van der Waals surface area contributed by atoms with Crippen molar-refractivity contribution >= 4 is 6.08 Å². The minimum absolute atomic E-state index is 0.699. The molecular weight excluding hydrogens is 162 g/mol. The van der Waals surface area contributed by atoms with E-state index >= 15 is 0 Å². The predicted molar refractivity (Wildman–Crippen MR) is 55.2 cm³/mol. The van der Waals surface area contributed by atoms with Gasteiger partial charge in [0.2, 0.25) is 0 Å². The second kappa shape index (κ2) is 5.54. The molecule has 0 atom stereocenters. The number of aryl methyl sites for hydroxylation is 1. The van der Waals surface area contributed by atoms with E-state index in [0.29, 0.717) is 6.54 Å². The summed E-state index contributed by atoms with van der Waals surface area (Å²) in [5.41, 5.74) is 5.39. The van der Waals surface area contributed by atoms with E-state index in [2.05, 4.69) is 22.6 Å². The van der Waals surface area contributed by atoms with E-state index in [-0.39, 0.29) is 0 Å². The number of aromatic nitrogens is 2. The van der Waals surface area contributed by atoms with Gasteiger partial charge < -0.3 is 10.3 Å². The van der Waals surface area contributed by atoms with Gasteiger partial charge in [0, 0.05) is 18.9 Å². The summed E-state index contributed by atoms with van der Waals surface area (Å²) in [6.45, 7) is 3.89. The lowest BCUT2D eigenvalue weighted by molar-refractivity contribution is 0.672. The second-order valence-electron chi connectivity index (χ2n) is 2.96. The minimum atomic E-state index is 0.699. The Morgan fingerprint density at radius 3 is 3.15 bits per heavy atom. The van der Waals surface area contributed by atoms with E-state index in [1.54, 1.807) is 0 Å². The summed E-state index contributed by atoms with van der Waals surface area (Å²) in [6, 6.07) is 0. The summed E-state index contributed by atoms with van der Waals surface area (Å²) in [4.78, 5) is 4.24. The Hall–Kier alpha value is -1.09. The lowest BCUT2D eigenvalue weighted by atomic mass is 10.3. The number of nitrogens with two attached hydrogens (primary N) is 1. The van der Waals surface area contributed by atoms with E-state index in [9.17, 15) is 0 Å². The Balaban J connectivity index is 2.59. The molecule has 0 saturated carbocycles. The highest BCUT2D eigenvalue weighted by molar-refractivity contribution is 5.40. The fraction of sp³-hybridized carbons (Fsp3) is 0.500. The Bertz CT molecular complexity index is 263. The van der Waals surface area contributed by atoms with E-state index < -0.39 is 0 Å². The quantitative estimate of drug-likeness (QED) is 0.747. The van der Waals surface area contributed by atoms with Crippen molar-refractivity contribution in [3.63, 3.8) is 0 Å². The molecule has 0 spiro atoms. The third kappa shape index (κ3) is 3.03. The van der Waals surface area contributed by atoms with Crippen molar-refractivity contribution in [3.05, 3.63) is 24.3 Å². The molecule has 0 bridgehead atoms. The molecule has 72 valence electrons. The zero-order valence-corrected chi connectivity index (χ0v) is 8.11. The van der Waals surface area contributed by atoms with Crippen LogP contribution in [0.1, 0.15) is 25.6 Å². The molecule has 2 N–H and O–H groups in total. The van der Waals surface area contributed by atoms with Crippen molar-refractivity contribution in [1.82, 2.24) is 9.55 Å². The van der Waals surface area contributed by atoms with Crippen molar-refractivity contribution in [2.75, 3.05) is 6.54 Å². The molecule has 1 heterocycles. The van der Waals surface area contributed by atoms with Gasteiger partial charge in [0.1, 0.15) is 5.82 Å². The fourth-order valence-electron chi connectivity index (χ4n) is 1.19. The molecule has 1 aromatic rings. The van der Waals surface area contributed by atoms with Crippen LogP contribution in [-0.2, 0) is 6.54 Å². The molecule has 0 radical (unpaired) electrons. The molecule has 0 saturated heterocycles. The van der Waals surface area contributed by atoms with E-state index in [1.165, 1.54) is 0 Å². The summed E-state index contributed by atoms with van der Waals surface area (Å²) in [5, 5.41) is 0. The zero-order valence-electron chi connectivity index (χ0n) is 8.11. The van der Waals surface area contributed by atoms with Gasteiger partial charge in [-0.05, 0) is 25.5 Å². The fourth-order valence-corrected chi connectivity index (χ4v) is 1.19. The van der Waals surface area contributed by atoms with Crippen LogP contribution in [0, 0.1) is 0 Å². The largest absolute Gasteiger partial charge is 0.332 e. The van der Waals surface area contributed by atoms with Crippen molar-refractivity contribution in [3.8, 4) is 0 Å². The van der Waals surface area contributed by atoms with Gasteiger partial charge in [-0.25, -0.2) is 4.98 Å². The summed E-state index contributed by atoms with van der Waals surface area (Å²) in [5.74, 6) is 1.02. The van der Waals surface area contributed by atoms with Crippen molar-refractivity contribution < 1.29 is 0 Å². The predicted octanol–water partition coefficient (Wildman–Crippen LogP) is 1.66. The average molecular weight is 179 g/mol. The molecule has 13 heavy (non-hydrogen) atoms. The minimum Gasteiger partial charge on any atom is -0.332 e. The van der Waals surface area contributed by atoms with Gasteiger partial charge in [-0.2, -0.15) is 0 Å². The molecular formula is C10H17N3. The summed E-state index contributed by atoms with van der Waals surface area (Å²) < 4.78 is 2.15. The van der Waals surface area contributed by atoms with Gasteiger partial charge >= 0.3 is 0 Å². The van der Waals surface area contributed by atoms with Gasteiger partial charge in [0.15, 0.2) is 0 Å². The first-order chi connectivity index (χ1) is 6.38. The van der Waals surface area contributed by atoms with E-state index in [0.717, 1.165) is 25.2 Å². The van der Waals surface area contributed by atoms with Crippen LogP contribution in [-0.4, -0.2) is 16.1 Å². The maximum atomic E-state index is 5.39. The third-order valence-corrected chi connectivity index (χ3v) is 1.81. The lowest BCUT2D eigenvalue weighted by Crippen LogP contribution is -1.98. The normalized spacial score (nSPS) is 11.2. The first kappa shape index (κ1) is 9.99. The monoisotopic (exact) mass is 179 g/mol.